The Morgan fingerprint density at radius 2 is 1.71 bits per heavy atom. The first-order valence-corrected chi connectivity index (χ1v) is 5.96. The Morgan fingerprint density at radius 1 is 1.14 bits per heavy atom. The van der Waals surface area contributed by atoms with Crippen molar-refractivity contribution in [1.82, 2.24) is 0 Å². The van der Waals surface area contributed by atoms with E-state index in [0.29, 0.717) is 12.1 Å². The van der Waals surface area contributed by atoms with Gasteiger partial charge in [-0.3, -0.25) is 0 Å². The van der Waals surface area contributed by atoms with E-state index in [2.05, 4.69) is 66.3 Å². The van der Waals surface area contributed by atoms with Gasteiger partial charge in [-0.15, -0.1) is 0 Å². The molecule has 1 aromatic rings. The van der Waals surface area contributed by atoms with Crippen LogP contribution in [0, 0.1) is 0 Å². The van der Waals surface area contributed by atoms with Gasteiger partial charge in [0.1, 0.15) is 0 Å². The topological polar surface area (TPSA) is 16.6 Å². The van der Waals surface area contributed by atoms with Crippen LogP contribution in [-0.2, 0) is 6.42 Å². The number of nitrogens with two attached hydrogens (primary N) is 1. The Hall–Kier alpha value is -0.340. The molecule has 0 spiro atoms. The van der Waals surface area contributed by atoms with Crippen LogP contribution in [0.25, 0.3) is 0 Å². The third-order valence-electron chi connectivity index (χ3n) is 2.18. The molecule has 0 aliphatic heterocycles. The molecule has 2 heteroatoms. The monoisotopic (exact) mass is 256 g/mol. The summed E-state index contributed by atoms with van der Waals surface area (Å²) < 4.78 is 1.15. The predicted molar refractivity (Wildman–Crippen MR) is 64.4 cm³/mol. The zero-order valence-corrected chi connectivity index (χ0v) is 10.7. The van der Waals surface area contributed by atoms with Gasteiger partial charge < -0.3 is 5.32 Å². The van der Waals surface area contributed by atoms with Crippen molar-refractivity contribution in [3.8, 4) is 0 Å². The van der Waals surface area contributed by atoms with E-state index < -0.39 is 0 Å². The molecule has 1 atom stereocenters. The van der Waals surface area contributed by atoms with Crippen LogP contribution in [0.1, 0.15) is 26.3 Å². The minimum atomic E-state index is 0.663. The summed E-state index contributed by atoms with van der Waals surface area (Å²) in [6.45, 7) is 6.75. The van der Waals surface area contributed by atoms with Crippen LogP contribution in [0.3, 0.4) is 0 Å². The second-order valence-electron chi connectivity index (χ2n) is 4.24. The van der Waals surface area contributed by atoms with Crippen molar-refractivity contribution < 1.29 is 5.32 Å². The maximum absolute atomic E-state index is 3.44. The minimum absolute atomic E-state index is 0.663. The van der Waals surface area contributed by atoms with Crippen molar-refractivity contribution in [1.29, 1.82) is 0 Å². The first kappa shape index (κ1) is 11.7. The van der Waals surface area contributed by atoms with Gasteiger partial charge in [-0.25, -0.2) is 0 Å². The molecule has 0 fully saturated rings. The van der Waals surface area contributed by atoms with E-state index in [1.807, 2.05) is 0 Å². The fraction of sp³-hybridized carbons (Fsp3) is 0.500. The van der Waals surface area contributed by atoms with Gasteiger partial charge in [-0.05, 0) is 38.5 Å². The van der Waals surface area contributed by atoms with E-state index >= 15 is 0 Å². The number of hydrogen-bond acceptors (Lipinski definition) is 0. The maximum atomic E-state index is 3.44. The highest BCUT2D eigenvalue weighted by atomic mass is 79.9. The minimum Gasteiger partial charge on any atom is -0.342 e. The van der Waals surface area contributed by atoms with Gasteiger partial charge >= 0.3 is 0 Å². The average molecular weight is 257 g/mol. The average Bonchev–Trinajstić information content (AvgIpc) is 2.07. The third-order valence-corrected chi connectivity index (χ3v) is 2.71. The van der Waals surface area contributed by atoms with Crippen molar-refractivity contribution in [3.63, 3.8) is 0 Å². The van der Waals surface area contributed by atoms with Crippen LogP contribution in [0.4, 0.5) is 0 Å². The van der Waals surface area contributed by atoms with E-state index in [9.17, 15) is 0 Å². The quantitative estimate of drug-likeness (QED) is 0.852. The lowest BCUT2D eigenvalue weighted by Crippen LogP contribution is -2.93. The normalized spacial score (nSPS) is 13.2. The highest BCUT2D eigenvalue weighted by Crippen LogP contribution is 2.11. The largest absolute Gasteiger partial charge is 0.342 e. The summed E-state index contributed by atoms with van der Waals surface area (Å²) in [6.07, 6.45) is 1.14. The molecular weight excluding hydrogens is 238 g/mol. The van der Waals surface area contributed by atoms with Crippen LogP contribution < -0.4 is 5.32 Å². The van der Waals surface area contributed by atoms with E-state index in [0.717, 1.165) is 10.9 Å². The van der Waals surface area contributed by atoms with Gasteiger partial charge in [-0.2, -0.15) is 0 Å². The SMILES string of the molecule is CC(C)[NH2+][C@@H](C)Cc1ccc(Br)cc1. The second kappa shape index (κ2) is 5.52. The molecule has 0 saturated carbocycles. The fourth-order valence-electron chi connectivity index (χ4n) is 1.72. The molecule has 1 aromatic carbocycles. The number of benzene rings is 1. The van der Waals surface area contributed by atoms with E-state index in [1.54, 1.807) is 0 Å². The van der Waals surface area contributed by atoms with Gasteiger partial charge in [0.2, 0.25) is 0 Å². The van der Waals surface area contributed by atoms with Gasteiger partial charge in [0.15, 0.2) is 0 Å². The molecular formula is C12H19BrN+. The predicted octanol–water partition coefficient (Wildman–Crippen LogP) is 2.35. The summed E-state index contributed by atoms with van der Waals surface area (Å²) in [5.41, 5.74) is 1.41. The van der Waals surface area contributed by atoms with Gasteiger partial charge in [0, 0.05) is 10.9 Å². The highest BCUT2D eigenvalue weighted by molar-refractivity contribution is 9.10. The van der Waals surface area contributed by atoms with Crippen molar-refractivity contribution in [2.75, 3.05) is 0 Å². The standard InChI is InChI=1S/C12H18BrN/c1-9(2)14-10(3)8-11-4-6-12(13)7-5-11/h4-7,9-10,14H,8H2,1-3H3/p+1/t10-/m0/s1. The summed E-state index contributed by atoms with van der Waals surface area (Å²) in [4.78, 5) is 0. The van der Waals surface area contributed by atoms with Crippen molar-refractivity contribution in [2.24, 2.45) is 0 Å². The first-order valence-electron chi connectivity index (χ1n) is 5.17. The van der Waals surface area contributed by atoms with E-state index in [-0.39, 0.29) is 0 Å². The number of rotatable bonds is 4. The van der Waals surface area contributed by atoms with Crippen molar-refractivity contribution in [3.05, 3.63) is 34.3 Å². The van der Waals surface area contributed by atoms with Crippen LogP contribution in [-0.4, -0.2) is 12.1 Å². The lowest BCUT2D eigenvalue weighted by molar-refractivity contribution is -0.712. The van der Waals surface area contributed by atoms with Crippen LogP contribution in [0.5, 0.6) is 0 Å². The number of hydrogen-bond donors (Lipinski definition) is 1. The van der Waals surface area contributed by atoms with Gasteiger partial charge in [0.05, 0.1) is 12.1 Å². The number of halogens is 1. The summed E-state index contributed by atoms with van der Waals surface area (Å²) in [7, 11) is 0. The first-order chi connectivity index (χ1) is 6.58. The lowest BCUT2D eigenvalue weighted by Gasteiger charge is -2.13. The second-order valence-corrected chi connectivity index (χ2v) is 5.16. The van der Waals surface area contributed by atoms with Gasteiger partial charge in [0.25, 0.3) is 0 Å². The van der Waals surface area contributed by atoms with E-state index in [1.165, 1.54) is 5.56 Å². The molecule has 0 radical (unpaired) electrons. The van der Waals surface area contributed by atoms with Crippen LogP contribution >= 0.6 is 15.9 Å². The molecule has 78 valence electrons. The molecule has 14 heavy (non-hydrogen) atoms. The van der Waals surface area contributed by atoms with Crippen molar-refractivity contribution in [2.45, 2.75) is 39.3 Å². The molecule has 0 bridgehead atoms. The molecule has 0 aliphatic carbocycles. The van der Waals surface area contributed by atoms with Crippen molar-refractivity contribution >= 4 is 15.9 Å². The summed E-state index contributed by atoms with van der Waals surface area (Å²) in [6, 6.07) is 9.94. The summed E-state index contributed by atoms with van der Waals surface area (Å²) in [5.74, 6) is 0. The molecule has 0 amide bonds. The zero-order valence-electron chi connectivity index (χ0n) is 9.13. The Kier molecular flexibility index (Phi) is 4.63. The highest BCUT2D eigenvalue weighted by Gasteiger charge is 2.07. The molecule has 0 aliphatic rings. The molecule has 0 saturated heterocycles. The molecule has 1 nitrogen and oxygen atoms in total. The Bertz CT molecular complexity index is 266. The molecule has 0 aromatic heterocycles. The smallest absolute Gasteiger partial charge is 0.0873 e. The Labute approximate surface area is 95.0 Å². The fourth-order valence-corrected chi connectivity index (χ4v) is 1.98. The Morgan fingerprint density at radius 3 is 2.21 bits per heavy atom. The number of quaternary nitrogens is 1. The Balaban J connectivity index is 2.47. The van der Waals surface area contributed by atoms with Crippen LogP contribution in [0.15, 0.2) is 28.7 Å². The maximum Gasteiger partial charge on any atom is 0.0873 e. The molecule has 0 unspecified atom stereocenters. The molecule has 0 heterocycles. The molecule has 1 rings (SSSR count). The molecule has 2 N–H and O–H groups in total. The summed E-state index contributed by atoms with van der Waals surface area (Å²) in [5, 5.41) is 2.40. The van der Waals surface area contributed by atoms with Crippen LogP contribution in [0.2, 0.25) is 0 Å². The third kappa shape index (κ3) is 4.25. The zero-order chi connectivity index (χ0) is 10.6. The summed E-state index contributed by atoms with van der Waals surface area (Å²) >= 11 is 3.44. The lowest BCUT2D eigenvalue weighted by atomic mass is 10.1. The van der Waals surface area contributed by atoms with E-state index in [4.69, 9.17) is 0 Å². The van der Waals surface area contributed by atoms with Gasteiger partial charge in [-0.1, -0.05) is 28.1 Å².